The van der Waals surface area contributed by atoms with Crippen molar-refractivity contribution in [2.24, 2.45) is 5.73 Å². The number of nitrogens with two attached hydrogens (primary N) is 1. The van der Waals surface area contributed by atoms with E-state index >= 15 is 0 Å². The summed E-state index contributed by atoms with van der Waals surface area (Å²) in [5.41, 5.74) is 6.89. The lowest BCUT2D eigenvalue weighted by atomic mass is 9.95. The van der Waals surface area contributed by atoms with Gasteiger partial charge in [-0.25, -0.2) is 4.39 Å². The number of halogens is 1. The highest BCUT2D eigenvalue weighted by molar-refractivity contribution is 5.23. The average Bonchev–Trinajstić information content (AvgIpc) is 2.53. The topological polar surface area (TPSA) is 35.2 Å². The van der Waals surface area contributed by atoms with Crippen molar-refractivity contribution in [1.82, 2.24) is 0 Å². The molecule has 1 aliphatic heterocycles. The van der Waals surface area contributed by atoms with Crippen LogP contribution in [0.4, 0.5) is 4.39 Å². The van der Waals surface area contributed by atoms with E-state index < -0.39 is 0 Å². The smallest absolute Gasteiger partial charge is 0.123 e. The van der Waals surface area contributed by atoms with Crippen LogP contribution in [0.2, 0.25) is 0 Å². The molecule has 0 aliphatic carbocycles. The molecule has 3 heteroatoms. The van der Waals surface area contributed by atoms with Crippen LogP contribution in [0.25, 0.3) is 0 Å². The van der Waals surface area contributed by atoms with Crippen LogP contribution in [-0.4, -0.2) is 19.3 Å². The number of ether oxygens (including phenoxy) is 1. The molecule has 0 aromatic heterocycles. The van der Waals surface area contributed by atoms with E-state index in [9.17, 15) is 4.39 Å². The molecule has 0 unspecified atom stereocenters. The minimum Gasteiger partial charge on any atom is -0.379 e. The van der Waals surface area contributed by atoms with Gasteiger partial charge in [-0.1, -0.05) is 12.1 Å². The van der Waals surface area contributed by atoms with Gasteiger partial charge in [-0.2, -0.15) is 0 Å². The van der Waals surface area contributed by atoms with Gasteiger partial charge in [0, 0.05) is 12.0 Å². The second kappa shape index (κ2) is 3.44. The molecule has 0 amide bonds. The molecule has 2 N–H and O–H groups in total. The predicted molar refractivity (Wildman–Crippen MR) is 47.9 cm³/mol. The van der Waals surface area contributed by atoms with E-state index in [0.717, 1.165) is 5.56 Å². The summed E-state index contributed by atoms with van der Waals surface area (Å²) in [5, 5.41) is 0. The molecule has 1 fully saturated rings. The van der Waals surface area contributed by atoms with Gasteiger partial charge in [0.1, 0.15) is 5.82 Å². The number of hydrogen-bond donors (Lipinski definition) is 1. The third kappa shape index (κ3) is 1.71. The van der Waals surface area contributed by atoms with Gasteiger partial charge < -0.3 is 10.5 Å². The molecular formula is C10H12FNO. The van der Waals surface area contributed by atoms with Gasteiger partial charge >= 0.3 is 0 Å². The summed E-state index contributed by atoms with van der Waals surface area (Å²) in [6.07, 6.45) is 0. The first kappa shape index (κ1) is 8.66. The number of hydrogen-bond acceptors (Lipinski definition) is 2. The quantitative estimate of drug-likeness (QED) is 0.708. The minimum absolute atomic E-state index is 0.0467. The average molecular weight is 181 g/mol. The molecule has 0 spiro atoms. The lowest BCUT2D eigenvalue weighted by Crippen LogP contribution is -2.26. The summed E-state index contributed by atoms with van der Waals surface area (Å²) in [6, 6.07) is 6.51. The molecule has 2 nitrogen and oxygen atoms in total. The van der Waals surface area contributed by atoms with Gasteiger partial charge in [0.05, 0.1) is 13.2 Å². The van der Waals surface area contributed by atoms with Crippen LogP contribution in [0.15, 0.2) is 24.3 Å². The van der Waals surface area contributed by atoms with Crippen molar-refractivity contribution in [3.05, 3.63) is 35.6 Å². The SMILES string of the molecule is N[C@@H]1COC[C@@H]1c1ccc(F)cc1. The Balaban J connectivity index is 2.20. The van der Waals surface area contributed by atoms with Crippen LogP contribution >= 0.6 is 0 Å². The third-order valence-corrected chi connectivity index (χ3v) is 2.42. The van der Waals surface area contributed by atoms with E-state index in [1.54, 1.807) is 12.1 Å². The Morgan fingerprint density at radius 1 is 1.23 bits per heavy atom. The zero-order chi connectivity index (χ0) is 9.26. The van der Waals surface area contributed by atoms with Crippen molar-refractivity contribution in [1.29, 1.82) is 0 Å². The summed E-state index contributed by atoms with van der Waals surface area (Å²) in [5.74, 6) is 0.0110. The molecular weight excluding hydrogens is 169 g/mol. The Morgan fingerprint density at radius 3 is 2.46 bits per heavy atom. The molecule has 1 aromatic carbocycles. The first-order valence-electron chi connectivity index (χ1n) is 4.36. The van der Waals surface area contributed by atoms with Crippen molar-refractivity contribution >= 4 is 0 Å². The van der Waals surface area contributed by atoms with E-state index in [1.165, 1.54) is 12.1 Å². The molecule has 70 valence electrons. The van der Waals surface area contributed by atoms with Crippen molar-refractivity contribution in [2.75, 3.05) is 13.2 Å². The minimum atomic E-state index is -0.212. The van der Waals surface area contributed by atoms with Crippen LogP contribution in [0, 0.1) is 5.82 Å². The lowest BCUT2D eigenvalue weighted by Gasteiger charge is -2.12. The molecule has 13 heavy (non-hydrogen) atoms. The highest BCUT2D eigenvalue weighted by Crippen LogP contribution is 2.24. The maximum atomic E-state index is 12.6. The second-order valence-corrected chi connectivity index (χ2v) is 3.36. The molecule has 1 aliphatic rings. The van der Waals surface area contributed by atoms with Gasteiger partial charge in [-0.05, 0) is 17.7 Å². The summed E-state index contributed by atoms with van der Waals surface area (Å²) in [4.78, 5) is 0. The van der Waals surface area contributed by atoms with Crippen LogP contribution in [0.1, 0.15) is 11.5 Å². The lowest BCUT2D eigenvalue weighted by molar-refractivity contribution is 0.191. The fourth-order valence-corrected chi connectivity index (χ4v) is 1.62. The van der Waals surface area contributed by atoms with Gasteiger partial charge in [0.2, 0.25) is 0 Å². The van der Waals surface area contributed by atoms with Crippen LogP contribution in [0.5, 0.6) is 0 Å². The zero-order valence-electron chi connectivity index (χ0n) is 7.24. The molecule has 2 atom stereocenters. The Kier molecular flexibility index (Phi) is 2.29. The maximum Gasteiger partial charge on any atom is 0.123 e. The first-order valence-corrected chi connectivity index (χ1v) is 4.36. The van der Waals surface area contributed by atoms with Crippen molar-refractivity contribution < 1.29 is 9.13 Å². The van der Waals surface area contributed by atoms with Crippen LogP contribution in [0.3, 0.4) is 0 Å². The highest BCUT2D eigenvalue weighted by atomic mass is 19.1. The van der Waals surface area contributed by atoms with E-state index in [2.05, 4.69) is 0 Å². The monoisotopic (exact) mass is 181 g/mol. The fourth-order valence-electron chi connectivity index (χ4n) is 1.62. The molecule has 0 saturated carbocycles. The maximum absolute atomic E-state index is 12.6. The third-order valence-electron chi connectivity index (χ3n) is 2.42. The molecule has 0 bridgehead atoms. The Hall–Kier alpha value is -0.930. The van der Waals surface area contributed by atoms with E-state index in [1.807, 2.05) is 0 Å². The number of rotatable bonds is 1. The fraction of sp³-hybridized carbons (Fsp3) is 0.400. The molecule has 2 rings (SSSR count). The molecule has 1 saturated heterocycles. The highest BCUT2D eigenvalue weighted by Gasteiger charge is 2.25. The Labute approximate surface area is 76.5 Å². The molecule has 1 aromatic rings. The number of benzene rings is 1. The summed E-state index contributed by atoms with van der Waals surface area (Å²) in [6.45, 7) is 1.24. The normalized spacial score (nSPS) is 27.8. The van der Waals surface area contributed by atoms with Gasteiger partial charge in [0.25, 0.3) is 0 Å². The van der Waals surface area contributed by atoms with Crippen molar-refractivity contribution in [3.8, 4) is 0 Å². The van der Waals surface area contributed by atoms with E-state index in [-0.39, 0.29) is 17.8 Å². The summed E-state index contributed by atoms with van der Waals surface area (Å²) >= 11 is 0. The summed E-state index contributed by atoms with van der Waals surface area (Å²) < 4.78 is 17.8. The van der Waals surface area contributed by atoms with E-state index in [4.69, 9.17) is 10.5 Å². The summed E-state index contributed by atoms with van der Waals surface area (Å²) in [7, 11) is 0. The van der Waals surface area contributed by atoms with Crippen molar-refractivity contribution in [2.45, 2.75) is 12.0 Å². The van der Waals surface area contributed by atoms with Crippen LogP contribution in [-0.2, 0) is 4.74 Å². The Bertz CT molecular complexity index is 285. The first-order chi connectivity index (χ1) is 6.27. The standard InChI is InChI=1S/C10H12FNO/c11-8-3-1-7(2-4-8)9-5-13-6-10(9)12/h1-4,9-10H,5-6,12H2/t9-,10-/m1/s1. The van der Waals surface area contributed by atoms with Gasteiger partial charge in [-0.15, -0.1) is 0 Å². The van der Waals surface area contributed by atoms with Gasteiger partial charge in [-0.3, -0.25) is 0 Å². The molecule has 1 heterocycles. The van der Waals surface area contributed by atoms with Crippen LogP contribution < -0.4 is 5.73 Å². The van der Waals surface area contributed by atoms with Gasteiger partial charge in [0.15, 0.2) is 0 Å². The zero-order valence-corrected chi connectivity index (χ0v) is 7.24. The second-order valence-electron chi connectivity index (χ2n) is 3.36. The largest absolute Gasteiger partial charge is 0.379 e. The predicted octanol–water partition coefficient (Wildman–Crippen LogP) is 1.27. The Morgan fingerprint density at radius 2 is 1.92 bits per heavy atom. The molecule has 0 radical (unpaired) electrons. The van der Waals surface area contributed by atoms with Crippen molar-refractivity contribution in [3.63, 3.8) is 0 Å². The van der Waals surface area contributed by atoms with E-state index in [0.29, 0.717) is 13.2 Å².